The van der Waals surface area contributed by atoms with Gasteiger partial charge in [-0.05, 0) is 61.9 Å². The van der Waals surface area contributed by atoms with Gasteiger partial charge in [0.15, 0.2) is 0 Å². The summed E-state index contributed by atoms with van der Waals surface area (Å²) in [5.74, 6) is -0.314. The summed E-state index contributed by atoms with van der Waals surface area (Å²) in [7, 11) is 0. The summed E-state index contributed by atoms with van der Waals surface area (Å²) in [6.45, 7) is 4.92. The fraction of sp³-hybridized carbons (Fsp3) is 0.536. The van der Waals surface area contributed by atoms with Crippen molar-refractivity contribution < 1.29 is 14.6 Å². The molecule has 1 atom stereocenters. The number of aromatic nitrogens is 1. The molecular weight excluding hydrogens is 444 g/mol. The summed E-state index contributed by atoms with van der Waals surface area (Å²) in [6.07, 6.45) is 9.83. The quantitative estimate of drug-likeness (QED) is 0.461. The minimum atomic E-state index is -0.822. The zero-order valence-electron chi connectivity index (χ0n) is 19.8. The Bertz CT molecular complexity index is 1180. The molecule has 6 rings (SSSR count). The van der Waals surface area contributed by atoms with Crippen LogP contribution in [0.1, 0.15) is 71.7 Å². The fourth-order valence-corrected chi connectivity index (χ4v) is 7.54. The lowest BCUT2D eigenvalue weighted by Crippen LogP contribution is -2.28. The van der Waals surface area contributed by atoms with E-state index in [4.69, 9.17) is 4.74 Å². The van der Waals surface area contributed by atoms with Gasteiger partial charge >= 0.3 is 5.97 Å². The molecule has 1 aliphatic carbocycles. The van der Waals surface area contributed by atoms with Crippen LogP contribution in [0.3, 0.4) is 0 Å². The molecule has 0 radical (unpaired) electrons. The molecule has 0 amide bonds. The first-order valence-electron chi connectivity index (χ1n) is 13.0. The first kappa shape index (κ1) is 22.3. The first-order valence-corrected chi connectivity index (χ1v) is 13.8. The van der Waals surface area contributed by atoms with Crippen LogP contribution in [0.5, 0.6) is 0 Å². The second-order valence-electron chi connectivity index (χ2n) is 10.2. The van der Waals surface area contributed by atoms with Gasteiger partial charge in [-0.1, -0.05) is 43.5 Å². The average Bonchev–Trinajstić information content (AvgIpc) is 3.55. The van der Waals surface area contributed by atoms with Crippen LogP contribution < -0.4 is 0 Å². The van der Waals surface area contributed by atoms with E-state index in [1.807, 2.05) is 6.07 Å². The number of rotatable bonds is 6. The highest BCUT2D eigenvalue weighted by Gasteiger charge is 2.32. The number of carboxylic acid groups (broad SMARTS) is 1. The molecule has 1 unspecified atom stereocenters. The lowest BCUT2D eigenvalue weighted by molar-refractivity contribution is 0.0325. The van der Waals surface area contributed by atoms with Crippen molar-refractivity contribution in [1.29, 1.82) is 0 Å². The van der Waals surface area contributed by atoms with Gasteiger partial charge in [0.25, 0.3) is 0 Å². The molecule has 1 saturated heterocycles. The van der Waals surface area contributed by atoms with E-state index in [1.165, 1.54) is 96.5 Å². The number of hydrogen-bond donors (Lipinski definition) is 1. The Balaban J connectivity index is 1.43. The summed E-state index contributed by atoms with van der Waals surface area (Å²) in [5.41, 5.74) is 6.48. The summed E-state index contributed by atoms with van der Waals surface area (Å²) < 4.78 is 10.1. The van der Waals surface area contributed by atoms with Gasteiger partial charge in [-0.25, -0.2) is 4.79 Å². The van der Waals surface area contributed by atoms with Gasteiger partial charge in [0.1, 0.15) is 4.88 Å². The fourth-order valence-electron chi connectivity index (χ4n) is 6.41. The van der Waals surface area contributed by atoms with Crippen LogP contribution in [-0.4, -0.2) is 52.9 Å². The van der Waals surface area contributed by atoms with Crippen LogP contribution in [0.25, 0.3) is 21.5 Å². The van der Waals surface area contributed by atoms with E-state index in [0.717, 1.165) is 31.6 Å². The van der Waals surface area contributed by atoms with Crippen LogP contribution in [0, 0.1) is 0 Å². The van der Waals surface area contributed by atoms with E-state index in [2.05, 4.69) is 33.7 Å². The Hall–Kier alpha value is -2.15. The Morgan fingerprint density at radius 2 is 1.88 bits per heavy atom. The normalized spacial score (nSPS) is 21.5. The van der Waals surface area contributed by atoms with Gasteiger partial charge in [-0.3, -0.25) is 0 Å². The summed E-state index contributed by atoms with van der Waals surface area (Å²) in [4.78, 5) is 14.8. The smallest absolute Gasteiger partial charge is 0.345 e. The zero-order chi connectivity index (χ0) is 23.1. The highest BCUT2D eigenvalue weighted by atomic mass is 32.1. The molecule has 6 heteroatoms. The SMILES string of the molecule is O=C(O)c1cc2c(s1)c(C1CCCCC1)c1n2CC(OCCN2CCCC2)Cc2ccccc2-1. The van der Waals surface area contributed by atoms with E-state index in [-0.39, 0.29) is 6.10 Å². The Morgan fingerprint density at radius 1 is 1.09 bits per heavy atom. The van der Waals surface area contributed by atoms with E-state index < -0.39 is 5.97 Å². The number of thiophene rings is 1. The van der Waals surface area contributed by atoms with Crippen molar-refractivity contribution >= 4 is 27.5 Å². The van der Waals surface area contributed by atoms with E-state index >= 15 is 0 Å². The van der Waals surface area contributed by atoms with Crippen molar-refractivity contribution in [3.05, 3.63) is 46.3 Å². The third-order valence-electron chi connectivity index (χ3n) is 8.06. The van der Waals surface area contributed by atoms with Crippen LogP contribution in [0.15, 0.2) is 30.3 Å². The predicted octanol–water partition coefficient (Wildman–Crippen LogP) is 6.15. The van der Waals surface area contributed by atoms with Crippen LogP contribution >= 0.6 is 11.3 Å². The van der Waals surface area contributed by atoms with Crippen molar-refractivity contribution in [2.24, 2.45) is 0 Å². The maximum absolute atomic E-state index is 11.9. The minimum Gasteiger partial charge on any atom is -0.477 e. The lowest BCUT2D eigenvalue weighted by Gasteiger charge is -2.23. The second kappa shape index (κ2) is 9.48. The van der Waals surface area contributed by atoms with E-state index in [0.29, 0.717) is 10.8 Å². The third kappa shape index (κ3) is 4.10. The molecule has 2 aliphatic heterocycles. The molecule has 5 nitrogen and oxygen atoms in total. The molecule has 4 heterocycles. The summed E-state index contributed by atoms with van der Waals surface area (Å²) in [6, 6.07) is 10.7. The van der Waals surface area contributed by atoms with Gasteiger partial charge in [0, 0.05) is 25.1 Å². The van der Waals surface area contributed by atoms with Crippen molar-refractivity contribution in [3.8, 4) is 11.3 Å². The molecule has 1 N–H and O–H groups in total. The number of aromatic carboxylic acids is 1. The number of fused-ring (bicyclic) bond motifs is 5. The molecule has 3 aromatic rings. The topological polar surface area (TPSA) is 54.7 Å². The molecule has 1 saturated carbocycles. The molecule has 3 aliphatic rings. The minimum absolute atomic E-state index is 0.0907. The van der Waals surface area contributed by atoms with E-state index in [1.54, 1.807) is 0 Å². The molecule has 0 spiro atoms. The van der Waals surface area contributed by atoms with Crippen LogP contribution in [-0.2, 0) is 17.7 Å². The highest BCUT2D eigenvalue weighted by Crippen LogP contribution is 2.48. The standard InChI is InChI=1S/C28H34N2O3S/c31-28(32)24-17-23-27(34-24)25(19-8-2-1-3-9-19)26-22-11-5-4-10-20(22)16-21(18-30(23)26)33-15-14-29-12-6-7-13-29/h4-5,10-11,17,19,21H,1-3,6-9,12-16,18H2,(H,31,32). The third-order valence-corrected chi connectivity index (χ3v) is 9.21. The van der Waals surface area contributed by atoms with E-state index in [9.17, 15) is 9.90 Å². The monoisotopic (exact) mass is 478 g/mol. The predicted molar refractivity (Wildman–Crippen MR) is 137 cm³/mol. The Labute approximate surface area is 205 Å². The molecule has 0 bridgehead atoms. The van der Waals surface area contributed by atoms with Crippen molar-refractivity contribution in [1.82, 2.24) is 9.47 Å². The number of benzene rings is 1. The van der Waals surface area contributed by atoms with Gasteiger partial charge in [-0.15, -0.1) is 11.3 Å². The maximum atomic E-state index is 11.9. The average molecular weight is 479 g/mol. The van der Waals surface area contributed by atoms with Crippen molar-refractivity contribution in [2.45, 2.75) is 69.9 Å². The van der Waals surface area contributed by atoms with Crippen molar-refractivity contribution in [3.63, 3.8) is 0 Å². The zero-order valence-corrected chi connectivity index (χ0v) is 20.6. The maximum Gasteiger partial charge on any atom is 0.345 e. The van der Waals surface area contributed by atoms with Gasteiger partial charge < -0.3 is 19.3 Å². The summed E-state index contributed by atoms with van der Waals surface area (Å²) in [5, 5.41) is 9.77. The van der Waals surface area contributed by atoms with Gasteiger partial charge in [0.2, 0.25) is 0 Å². The van der Waals surface area contributed by atoms with Crippen LogP contribution in [0.2, 0.25) is 0 Å². The number of hydrogen-bond acceptors (Lipinski definition) is 4. The molecule has 34 heavy (non-hydrogen) atoms. The highest BCUT2D eigenvalue weighted by molar-refractivity contribution is 7.21. The molecule has 2 fully saturated rings. The molecule has 2 aromatic heterocycles. The Morgan fingerprint density at radius 3 is 2.68 bits per heavy atom. The lowest BCUT2D eigenvalue weighted by atomic mass is 9.82. The molecule has 180 valence electrons. The molecular formula is C28H34N2O3S. The van der Waals surface area contributed by atoms with Gasteiger partial charge in [-0.2, -0.15) is 0 Å². The largest absolute Gasteiger partial charge is 0.477 e. The van der Waals surface area contributed by atoms with Gasteiger partial charge in [0.05, 0.1) is 28.6 Å². The molecule has 1 aromatic carbocycles. The van der Waals surface area contributed by atoms with Crippen LogP contribution in [0.4, 0.5) is 0 Å². The number of nitrogens with zero attached hydrogens (tertiary/aromatic N) is 2. The number of carboxylic acids is 1. The second-order valence-corrected chi connectivity index (χ2v) is 11.3. The number of likely N-dealkylation sites (tertiary alicyclic amines) is 1. The summed E-state index contributed by atoms with van der Waals surface area (Å²) >= 11 is 1.47. The first-order chi connectivity index (χ1) is 16.7. The Kier molecular flexibility index (Phi) is 6.22. The van der Waals surface area contributed by atoms with Crippen molar-refractivity contribution in [2.75, 3.05) is 26.2 Å². The number of carbonyl (C=O) groups is 1. The number of ether oxygens (including phenoxy) is 1.